The third kappa shape index (κ3) is 4.19. The van der Waals surface area contributed by atoms with Gasteiger partial charge in [0.2, 0.25) is 10.0 Å². The predicted molar refractivity (Wildman–Crippen MR) is 112 cm³/mol. The van der Waals surface area contributed by atoms with E-state index in [0.717, 1.165) is 55.3 Å². The van der Waals surface area contributed by atoms with Crippen molar-refractivity contribution in [1.82, 2.24) is 4.72 Å². The number of sulfonamides is 1. The number of anilines is 1. The smallest absolute Gasteiger partial charge is 0.307 e. The fraction of sp³-hybridized carbons (Fsp3) is 0.364. The van der Waals surface area contributed by atoms with Crippen molar-refractivity contribution in [3.63, 3.8) is 0 Å². The molecule has 0 aromatic heterocycles. The number of nitrogens with one attached hydrogen (secondary N) is 2. The second-order valence-corrected chi connectivity index (χ2v) is 9.52. The molecule has 7 heteroatoms. The minimum atomic E-state index is -3.86. The lowest BCUT2D eigenvalue weighted by atomic mass is 9.99. The summed E-state index contributed by atoms with van der Waals surface area (Å²) in [5.74, 6) is -0.413. The molecule has 2 amide bonds. The number of benzene rings is 2. The Bertz CT molecular complexity index is 1060. The second-order valence-electron chi connectivity index (χ2n) is 7.80. The van der Waals surface area contributed by atoms with E-state index in [1.165, 1.54) is 18.1 Å². The van der Waals surface area contributed by atoms with E-state index in [0.29, 0.717) is 11.1 Å². The van der Waals surface area contributed by atoms with Crippen LogP contribution in [0.5, 0.6) is 0 Å². The van der Waals surface area contributed by atoms with E-state index in [-0.39, 0.29) is 11.5 Å². The van der Waals surface area contributed by atoms with Gasteiger partial charge in [-0.2, -0.15) is 0 Å². The Morgan fingerprint density at radius 1 is 0.931 bits per heavy atom. The van der Waals surface area contributed by atoms with Gasteiger partial charge < -0.3 is 5.32 Å². The van der Waals surface area contributed by atoms with Crippen molar-refractivity contribution in [2.24, 2.45) is 0 Å². The first-order valence-electron chi connectivity index (χ1n) is 9.90. The van der Waals surface area contributed by atoms with Gasteiger partial charge in [-0.25, -0.2) is 17.9 Å². The van der Waals surface area contributed by atoms with Gasteiger partial charge in [0.25, 0.3) is 0 Å². The lowest BCUT2D eigenvalue weighted by Gasteiger charge is -2.16. The van der Waals surface area contributed by atoms with Gasteiger partial charge in [0.15, 0.2) is 5.78 Å². The zero-order chi connectivity index (χ0) is 20.6. The number of carbonyl (C=O) groups is 2. The van der Waals surface area contributed by atoms with Crippen LogP contribution in [0.2, 0.25) is 0 Å². The van der Waals surface area contributed by atoms with Crippen molar-refractivity contribution < 1.29 is 18.0 Å². The maximum absolute atomic E-state index is 12.5. The van der Waals surface area contributed by atoms with E-state index in [2.05, 4.69) is 16.1 Å². The highest BCUT2D eigenvalue weighted by molar-refractivity contribution is 7.89. The van der Waals surface area contributed by atoms with E-state index in [1.54, 1.807) is 24.3 Å². The molecule has 6 nitrogen and oxygen atoms in total. The summed E-state index contributed by atoms with van der Waals surface area (Å²) in [4.78, 5) is 23.9. The maximum Gasteiger partial charge on any atom is 0.332 e. The summed E-state index contributed by atoms with van der Waals surface area (Å²) in [5.41, 5.74) is 6.69. The standard InChI is InChI=1S/C22H24N2O4S/c1-14(25)16-10-8-15(9-11-16)13-29(27,28)24-22(26)23-21-19-6-2-4-17(19)12-18-5-3-7-20(18)21/h8-12H,2-7,13H2,1H3,(H2,23,24,26). The summed E-state index contributed by atoms with van der Waals surface area (Å²) < 4.78 is 27.0. The molecule has 4 rings (SSSR count). The molecule has 0 atom stereocenters. The molecule has 2 aliphatic carbocycles. The van der Waals surface area contributed by atoms with Crippen LogP contribution in [0.15, 0.2) is 30.3 Å². The average molecular weight is 413 g/mol. The highest BCUT2D eigenvalue weighted by atomic mass is 32.2. The quantitative estimate of drug-likeness (QED) is 0.735. The molecule has 2 aromatic carbocycles. The van der Waals surface area contributed by atoms with Gasteiger partial charge in [0, 0.05) is 11.3 Å². The number of hydrogen-bond donors (Lipinski definition) is 2. The molecule has 0 spiro atoms. The molecule has 0 heterocycles. The molecule has 0 bridgehead atoms. The topological polar surface area (TPSA) is 92.3 Å². The number of rotatable bonds is 5. The van der Waals surface area contributed by atoms with Gasteiger partial charge in [-0.3, -0.25) is 4.79 Å². The number of amides is 2. The summed E-state index contributed by atoms with van der Waals surface area (Å²) in [6.07, 6.45) is 5.95. The van der Waals surface area contributed by atoms with E-state index in [9.17, 15) is 18.0 Å². The molecule has 0 unspecified atom stereocenters. The summed E-state index contributed by atoms with van der Waals surface area (Å²) in [5, 5.41) is 2.83. The van der Waals surface area contributed by atoms with Gasteiger partial charge in [-0.1, -0.05) is 30.3 Å². The van der Waals surface area contributed by atoms with E-state index in [4.69, 9.17) is 0 Å². The highest BCUT2D eigenvalue weighted by Gasteiger charge is 2.26. The van der Waals surface area contributed by atoms with Gasteiger partial charge in [-0.05, 0) is 73.3 Å². The number of ketones is 1. The fourth-order valence-corrected chi connectivity index (χ4v) is 5.38. The minimum absolute atomic E-state index is 0.0835. The van der Waals surface area contributed by atoms with Crippen molar-refractivity contribution in [2.75, 3.05) is 5.32 Å². The molecular weight excluding hydrogens is 388 g/mol. The van der Waals surface area contributed by atoms with Crippen molar-refractivity contribution in [2.45, 2.75) is 51.2 Å². The average Bonchev–Trinajstić information content (AvgIpc) is 3.30. The third-order valence-corrected chi connectivity index (χ3v) is 6.89. The van der Waals surface area contributed by atoms with Crippen LogP contribution >= 0.6 is 0 Å². The summed E-state index contributed by atoms with van der Waals surface area (Å²) >= 11 is 0. The Labute approximate surface area is 170 Å². The monoisotopic (exact) mass is 412 g/mol. The second kappa shape index (κ2) is 7.63. The van der Waals surface area contributed by atoms with Crippen molar-refractivity contribution in [3.8, 4) is 0 Å². The summed E-state index contributed by atoms with van der Waals surface area (Å²) in [7, 11) is -3.86. The first-order chi connectivity index (χ1) is 13.8. The van der Waals surface area contributed by atoms with Crippen LogP contribution in [-0.4, -0.2) is 20.2 Å². The molecule has 0 radical (unpaired) electrons. The number of hydrogen-bond acceptors (Lipinski definition) is 4. The van der Waals surface area contributed by atoms with Crippen LogP contribution in [0.25, 0.3) is 0 Å². The molecule has 0 aliphatic heterocycles. The molecule has 2 aromatic rings. The normalized spacial score (nSPS) is 14.9. The number of Topliss-reactive ketones (excluding diaryl/α,β-unsaturated/α-hetero) is 1. The van der Waals surface area contributed by atoms with Gasteiger partial charge in [-0.15, -0.1) is 0 Å². The fourth-order valence-electron chi connectivity index (χ4n) is 4.34. The number of urea groups is 1. The first-order valence-corrected chi connectivity index (χ1v) is 11.6. The van der Waals surface area contributed by atoms with E-state index < -0.39 is 16.1 Å². The molecule has 0 saturated carbocycles. The van der Waals surface area contributed by atoms with Crippen LogP contribution < -0.4 is 10.0 Å². The molecule has 0 fully saturated rings. The Morgan fingerprint density at radius 2 is 1.52 bits per heavy atom. The van der Waals surface area contributed by atoms with Gasteiger partial charge in [0.1, 0.15) is 0 Å². The van der Waals surface area contributed by atoms with Crippen LogP contribution in [-0.2, 0) is 41.5 Å². The lowest BCUT2D eigenvalue weighted by molar-refractivity contribution is 0.101. The van der Waals surface area contributed by atoms with Gasteiger partial charge >= 0.3 is 6.03 Å². The number of carbonyl (C=O) groups excluding carboxylic acids is 2. The molecular formula is C22H24N2O4S. The summed E-state index contributed by atoms with van der Waals surface area (Å²) in [6, 6.07) is 7.89. The minimum Gasteiger partial charge on any atom is -0.307 e. The maximum atomic E-state index is 12.5. The zero-order valence-electron chi connectivity index (χ0n) is 16.4. The zero-order valence-corrected chi connectivity index (χ0v) is 17.2. The number of fused-ring (bicyclic) bond motifs is 2. The van der Waals surface area contributed by atoms with Crippen molar-refractivity contribution in [1.29, 1.82) is 0 Å². The Hall–Kier alpha value is -2.67. The summed E-state index contributed by atoms with van der Waals surface area (Å²) in [6.45, 7) is 1.45. The highest BCUT2D eigenvalue weighted by Crippen LogP contribution is 2.38. The van der Waals surface area contributed by atoms with Crippen molar-refractivity contribution >= 4 is 27.5 Å². The largest absolute Gasteiger partial charge is 0.332 e. The molecule has 2 aliphatic rings. The van der Waals surface area contributed by atoms with Crippen LogP contribution in [0.4, 0.5) is 10.5 Å². The van der Waals surface area contributed by atoms with Crippen molar-refractivity contribution in [3.05, 3.63) is 63.7 Å². The molecule has 0 saturated heterocycles. The van der Waals surface area contributed by atoms with Crippen LogP contribution in [0.3, 0.4) is 0 Å². The van der Waals surface area contributed by atoms with E-state index >= 15 is 0 Å². The predicted octanol–water partition coefficient (Wildman–Crippen LogP) is 3.52. The lowest BCUT2D eigenvalue weighted by Crippen LogP contribution is -2.35. The third-order valence-electron chi connectivity index (χ3n) is 5.68. The Balaban J connectivity index is 1.48. The molecule has 152 valence electrons. The number of aryl methyl sites for hydroxylation is 2. The molecule has 2 N–H and O–H groups in total. The van der Waals surface area contributed by atoms with Crippen LogP contribution in [0, 0.1) is 0 Å². The van der Waals surface area contributed by atoms with E-state index in [1.807, 2.05) is 0 Å². The Kier molecular flexibility index (Phi) is 5.17. The SMILES string of the molecule is CC(=O)c1ccc(CS(=O)(=O)NC(=O)Nc2c3c(cc4c2CCC4)CCC3)cc1. The van der Waals surface area contributed by atoms with Gasteiger partial charge in [0.05, 0.1) is 5.75 Å². The first kappa shape index (κ1) is 19.6. The molecule has 29 heavy (non-hydrogen) atoms. The Morgan fingerprint density at radius 3 is 2.07 bits per heavy atom. The van der Waals surface area contributed by atoms with Crippen LogP contribution in [0.1, 0.15) is 57.9 Å².